The van der Waals surface area contributed by atoms with Crippen LogP contribution in [0.1, 0.15) is 48.5 Å². The van der Waals surface area contributed by atoms with Gasteiger partial charge in [0.1, 0.15) is 0 Å². The molecule has 1 nitrogen and oxygen atoms in total. The van der Waals surface area contributed by atoms with Gasteiger partial charge in [-0.25, -0.2) is 0 Å². The number of rotatable bonds is 7. The Kier molecular flexibility index (Phi) is 6.84. The topological polar surface area (TPSA) is 9.23 Å². The molecular formula is C15H30OSi. The third-order valence-electron chi connectivity index (χ3n) is 3.95. The highest BCUT2D eigenvalue weighted by atomic mass is 28.3. The van der Waals surface area contributed by atoms with Crippen molar-refractivity contribution in [1.82, 2.24) is 0 Å². The van der Waals surface area contributed by atoms with Crippen LogP contribution in [0, 0.1) is 0 Å². The van der Waals surface area contributed by atoms with Crippen molar-refractivity contribution in [2.24, 2.45) is 0 Å². The van der Waals surface area contributed by atoms with Crippen molar-refractivity contribution in [1.29, 1.82) is 0 Å². The number of hydrogen-bond acceptors (Lipinski definition) is 1. The molecule has 0 rings (SSSR count). The first-order chi connectivity index (χ1) is 7.81. The van der Waals surface area contributed by atoms with Gasteiger partial charge in [-0.05, 0) is 29.6 Å². The third kappa shape index (κ3) is 3.48. The van der Waals surface area contributed by atoms with E-state index in [-0.39, 0.29) is 0 Å². The molecule has 0 aliphatic rings. The maximum absolute atomic E-state index is 5.32. The molecule has 0 bridgehead atoms. The molecule has 0 N–H and O–H groups in total. The van der Waals surface area contributed by atoms with Crippen LogP contribution in [-0.2, 0) is 4.74 Å². The summed E-state index contributed by atoms with van der Waals surface area (Å²) in [6.45, 7) is 21.2. The Labute approximate surface area is 109 Å². The molecule has 17 heavy (non-hydrogen) atoms. The molecule has 0 atom stereocenters. The minimum absolute atomic E-state index is 0.710. The molecule has 0 aromatic rings. The van der Waals surface area contributed by atoms with Gasteiger partial charge in [0.2, 0.25) is 0 Å². The maximum Gasteiger partial charge on any atom is 0.0936 e. The minimum atomic E-state index is -1.54. The van der Waals surface area contributed by atoms with Crippen LogP contribution in [-0.4, -0.2) is 14.7 Å². The van der Waals surface area contributed by atoms with Crippen molar-refractivity contribution >= 4 is 8.07 Å². The molecule has 0 aliphatic carbocycles. The van der Waals surface area contributed by atoms with Crippen LogP contribution in [0.25, 0.3) is 0 Å². The average Bonchev–Trinajstić information content (AvgIpc) is 2.16. The van der Waals surface area contributed by atoms with Gasteiger partial charge in [0.15, 0.2) is 0 Å². The van der Waals surface area contributed by atoms with E-state index in [2.05, 4.69) is 54.2 Å². The van der Waals surface area contributed by atoms with Gasteiger partial charge in [-0.15, -0.1) is 0 Å². The standard InChI is InChI=1S/C15H30OSi/c1-9-16-11-10-15(8)17(12(2)3,13(4)5)14(6)7/h10-14H,8-9H2,1-7H3/b11-10+. The lowest BCUT2D eigenvalue weighted by Crippen LogP contribution is -2.46. The van der Waals surface area contributed by atoms with Crippen molar-refractivity contribution in [3.05, 3.63) is 24.1 Å². The lowest BCUT2D eigenvalue weighted by atomic mass is 10.5. The van der Waals surface area contributed by atoms with Crippen LogP contribution >= 0.6 is 0 Å². The summed E-state index contributed by atoms with van der Waals surface area (Å²) in [6.07, 6.45) is 3.92. The normalized spacial score (nSPS) is 13.1. The molecule has 0 radical (unpaired) electrons. The summed E-state index contributed by atoms with van der Waals surface area (Å²) in [5.74, 6) is 0. The average molecular weight is 254 g/mol. The maximum atomic E-state index is 5.32. The Balaban J connectivity index is 5.23. The molecule has 0 saturated heterocycles. The zero-order valence-electron chi connectivity index (χ0n) is 12.7. The van der Waals surface area contributed by atoms with Crippen molar-refractivity contribution < 1.29 is 4.74 Å². The Morgan fingerprint density at radius 1 is 1.06 bits per heavy atom. The van der Waals surface area contributed by atoms with E-state index in [1.54, 1.807) is 0 Å². The van der Waals surface area contributed by atoms with E-state index in [0.29, 0.717) is 16.6 Å². The highest BCUT2D eigenvalue weighted by Crippen LogP contribution is 2.46. The zero-order valence-corrected chi connectivity index (χ0v) is 13.7. The van der Waals surface area contributed by atoms with E-state index in [4.69, 9.17) is 4.74 Å². The van der Waals surface area contributed by atoms with E-state index in [1.807, 2.05) is 13.2 Å². The monoisotopic (exact) mass is 254 g/mol. The number of allylic oxidation sites excluding steroid dienone is 2. The van der Waals surface area contributed by atoms with Gasteiger partial charge < -0.3 is 4.74 Å². The van der Waals surface area contributed by atoms with Gasteiger partial charge in [-0.2, -0.15) is 0 Å². The van der Waals surface area contributed by atoms with E-state index in [9.17, 15) is 0 Å². The fourth-order valence-electron chi connectivity index (χ4n) is 3.48. The minimum Gasteiger partial charge on any atom is -0.501 e. The van der Waals surface area contributed by atoms with E-state index in [0.717, 1.165) is 6.61 Å². The first kappa shape index (κ1) is 16.5. The van der Waals surface area contributed by atoms with Crippen LogP contribution in [0.4, 0.5) is 0 Å². The van der Waals surface area contributed by atoms with Crippen LogP contribution < -0.4 is 0 Å². The fraction of sp³-hybridized carbons (Fsp3) is 0.733. The molecule has 2 heteroatoms. The predicted molar refractivity (Wildman–Crippen MR) is 81.0 cm³/mol. The predicted octanol–water partition coefficient (Wildman–Crippen LogP) is 5.31. The van der Waals surface area contributed by atoms with Crippen molar-refractivity contribution in [2.45, 2.75) is 65.1 Å². The smallest absolute Gasteiger partial charge is 0.0936 e. The summed E-state index contributed by atoms with van der Waals surface area (Å²) >= 11 is 0. The summed E-state index contributed by atoms with van der Waals surface area (Å²) in [5, 5.41) is 1.32. The molecule has 0 fully saturated rings. The van der Waals surface area contributed by atoms with Crippen LogP contribution in [0.2, 0.25) is 16.6 Å². The zero-order chi connectivity index (χ0) is 13.6. The summed E-state index contributed by atoms with van der Waals surface area (Å²) in [7, 11) is -1.54. The SMILES string of the molecule is C=C(/C=C/OCC)[Si](C(C)C)(C(C)C)C(C)C. The molecule has 0 spiro atoms. The van der Waals surface area contributed by atoms with Crippen LogP contribution in [0.5, 0.6) is 0 Å². The second-order valence-electron chi connectivity index (χ2n) is 5.68. The Morgan fingerprint density at radius 3 is 1.76 bits per heavy atom. The van der Waals surface area contributed by atoms with E-state index >= 15 is 0 Å². The Bertz CT molecular complexity index is 242. The van der Waals surface area contributed by atoms with Gasteiger partial charge in [0.25, 0.3) is 0 Å². The molecule has 0 saturated carbocycles. The van der Waals surface area contributed by atoms with Gasteiger partial charge in [-0.1, -0.05) is 53.3 Å². The highest BCUT2D eigenvalue weighted by molar-refractivity contribution is 6.90. The van der Waals surface area contributed by atoms with Crippen molar-refractivity contribution in [3.63, 3.8) is 0 Å². The molecule has 0 heterocycles. The molecular weight excluding hydrogens is 224 g/mol. The molecule has 0 unspecified atom stereocenters. The van der Waals surface area contributed by atoms with Gasteiger partial charge in [0, 0.05) is 0 Å². The largest absolute Gasteiger partial charge is 0.501 e. The summed E-state index contributed by atoms with van der Waals surface area (Å²) < 4.78 is 5.32. The molecule has 100 valence electrons. The molecule has 0 aliphatic heterocycles. The molecule has 0 amide bonds. The summed E-state index contributed by atoms with van der Waals surface area (Å²) in [5.41, 5.74) is 2.13. The second-order valence-corrected chi connectivity index (χ2v) is 11.7. The third-order valence-corrected chi connectivity index (χ3v) is 11.0. The molecule has 0 aromatic heterocycles. The lowest BCUT2D eigenvalue weighted by molar-refractivity contribution is 0.269. The van der Waals surface area contributed by atoms with Crippen molar-refractivity contribution in [3.8, 4) is 0 Å². The number of hydrogen-bond donors (Lipinski definition) is 0. The van der Waals surface area contributed by atoms with E-state index < -0.39 is 8.07 Å². The van der Waals surface area contributed by atoms with Gasteiger partial charge in [0.05, 0.1) is 20.9 Å². The lowest BCUT2D eigenvalue weighted by Gasteiger charge is -2.44. The Morgan fingerprint density at radius 2 is 1.47 bits per heavy atom. The second kappa shape index (κ2) is 7.05. The first-order valence-corrected chi connectivity index (χ1v) is 9.02. The van der Waals surface area contributed by atoms with Crippen LogP contribution in [0.15, 0.2) is 24.1 Å². The quantitative estimate of drug-likeness (QED) is 0.340. The van der Waals surface area contributed by atoms with Gasteiger partial charge >= 0.3 is 0 Å². The summed E-state index contributed by atoms with van der Waals surface area (Å²) in [6, 6.07) is 0. The number of ether oxygens (including phenoxy) is 1. The van der Waals surface area contributed by atoms with E-state index in [1.165, 1.54) is 5.20 Å². The molecule has 0 aromatic carbocycles. The van der Waals surface area contributed by atoms with Gasteiger partial charge in [-0.3, -0.25) is 0 Å². The fourth-order valence-corrected chi connectivity index (χ4v) is 10.1. The van der Waals surface area contributed by atoms with Crippen LogP contribution in [0.3, 0.4) is 0 Å². The van der Waals surface area contributed by atoms with Crippen molar-refractivity contribution in [2.75, 3.05) is 6.61 Å². The summed E-state index contributed by atoms with van der Waals surface area (Å²) in [4.78, 5) is 0. The Hall–Kier alpha value is -0.503. The highest BCUT2D eigenvalue weighted by Gasteiger charge is 2.44. The first-order valence-electron chi connectivity index (χ1n) is 6.79.